The van der Waals surface area contributed by atoms with E-state index < -0.39 is 0 Å². The lowest BCUT2D eigenvalue weighted by atomic mass is 10.1. The van der Waals surface area contributed by atoms with Crippen LogP contribution in [-0.4, -0.2) is 45.0 Å². The zero-order chi connectivity index (χ0) is 24.4. The van der Waals surface area contributed by atoms with Crippen molar-refractivity contribution in [2.24, 2.45) is 0 Å². The lowest BCUT2D eigenvalue weighted by Crippen LogP contribution is -2.02. The Morgan fingerprint density at radius 2 is 1.89 bits per heavy atom. The van der Waals surface area contributed by atoms with Gasteiger partial charge in [-0.1, -0.05) is 0 Å². The number of benzene rings is 2. The second-order valence-electron chi connectivity index (χ2n) is 8.02. The van der Waals surface area contributed by atoms with E-state index in [1.807, 2.05) is 47.9 Å². The van der Waals surface area contributed by atoms with E-state index in [4.69, 9.17) is 14.5 Å². The van der Waals surface area contributed by atoms with Crippen molar-refractivity contribution in [3.63, 3.8) is 0 Å². The molecule has 5 aromatic rings. The van der Waals surface area contributed by atoms with Crippen molar-refractivity contribution in [3.05, 3.63) is 84.5 Å². The Morgan fingerprint density at radius 3 is 2.60 bits per heavy atom. The molecule has 0 saturated heterocycles. The van der Waals surface area contributed by atoms with Crippen molar-refractivity contribution in [2.75, 3.05) is 26.1 Å². The summed E-state index contributed by atoms with van der Waals surface area (Å²) in [5.41, 5.74) is 5.84. The lowest BCUT2D eigenvalue weighted by Gasteiger charge is -2.13. The van der Waals surface area contributed by atoms with E-state index in [1.165, 1.54) is 12.1 Å². The Kier molecular flexibility index (Phi) is 6.15. The summed E-state index contributed by atoms with van der Waals surface area (Å²) in [5, 5.41) is 7.84. The Bertz CT molecular complexity index is 1480. The second-order valence-corrected chi connectivity index (χ2v) is 8.02. The average Bonchev–Trinajstić information content (AvgIpc) is 3.47. The molecule has 35 heavy (non-hydrogen) atoms. The van der Waals surface area contributed by atoms with Crippen LogP contribution in [0, 0.1) is 12.7 Å². The number of aryl methyl sites for hydroxylation is 1. The number of fused-ring (bicyclic) bond motifs is 1. The molecule has 0 fully saturated rings. The van der Waals surface area contributed by atoms with Crippen molar-refractivity contribution in [3.8, 4) is 22.7 Å². The van der Waals surface area contributed by atoms with Gasteiger partial charge in [-0.25, -0.2) is 19.0 Å². The molecule has 0 unspecified atom stereocenters. The average molecular weight is 473 g/mol. The number of imidazole rings is 1. The Morgan fingerprint density at radius 1 is 1.06 bits per heavy atom. The normalized spacial score (nSPS) is 11.2. The summed E-state index contributed by atoms with van der Waals surface area (Å²) in [6, 6.07) is 16.1. The minimum Gasteiger partial charge on any atom is -0.494 e. The maximum absolute atomic E-state index is 13.5. The monoisotopic (exact) mass is 472 g/mol. The largest absolute Gasteiger partial charge is 0.494 e. The first-order valence-electron chi connectivity index (χ1n) is 11.2. The Labute approximate surface area is 202 Å². The van der Waals surface area contributed by atoms with E-state index >= 15 is 0 Å². The second kappa shape index (κ2) is 9.55. The van der Waals surface area contributed by atoms with E-state index in [0.29, 0.717) is 24.6 Å². The van der Waals surface area contributed by atoms with Gasteiger partial charge in [0.25, 0.3) is 0 Å². The van der Waals surface area contributed by atoms with Crippen LogP contribution in [0.1, 0.15) is 11.5 Å². The van der Waals surface area contributed by atoms with Gasteiger partial charge in [0.15, 0.2) is 5.65 Å². The molecule has 0 saturated carbocycles. The molecular weight excluding hydrogens is 447 g/mol. The number of hydrogen-bond acceptors (Lipinski definition) is 6. The molecule has 8 nitrogen and oxygen atoms in total. The third-order valence-corrected chi connectivity index (χ3v) is 5.72. The zero-order valence-corrected chi connectivity index (χ0v) is 19.7. The summed E-state index contributed by atoms with van der Waals surface area (Å²) in [6.07, 6.45) is 4.29. The van der Waals surface area contributed by atoms with Gasteiger partial charge in [-0.15, -0.1) is 0 Å². The maximum atomic E-state index is 13.5. The van der Waals surface area contributed by atoms with Crippen molar-refractivity contribution in [1.82, 2.24) is 24.1 Å². The van der Waals surface area contributed by atoms with Crippen LogP contribution in [0.25, 0.3) is 22.6 Å². The van der Waals surface area contributed by atoms with Crippen molar-refractivity contribution in [2.45, 2.75) is 13.3 Å². The van der Waals surface area contributed by atoms with E-state index in [0.717, 1.165) is 39.7 Å². The molecule has 0 spiro atoms. The first-order valence-corrected chi connectivity index (χ1v) is 11.2. The number of aromatic nitrogens is 5. The molecular formula is C26H25FN6O2. The molecule has 9 heteroatoms. The minimum atomic E-state index is -0.281. The summed E-state index contributed by atoms with van der Waals surface area (Å²) in [6.45, 7) is 2.38. The Balaban J connectivity index is 1.55. The summed E-state index contributed by atoms with van der Waals surface area (Å²) < 4.78 is 28.2. The van der Waals surface area contributed by atoms with Crippen LogP contribution >= 0.6 is 0 Å². The highest BCUT2D eigenvalue weighted by molar-refractivity contribution is 5.79. The molecule has 5 rings (SSSR count). The smallest absolute Gasteiger partial charge is 0.161 e. The van der Waals surface area contributed by atoms with Gasteiger partial charge < -0.3 is 19.2 Å². The first-order chi connectivity index (χ1) is 17.1. The quantitative estimate of drug-likeness (QED) is 0.344. The summed E-state index contributed by atoms with van der Waals surface area (Å²) in [4.78, 5) is 9.14. The number of rotatable bonds is 8. The molecule has 3 aromatic heterocycles. The predicted octanol–water partition coefficient (Wildman–Crippen LogP) is 4.97. The standard InChI is InChI=1S/C26H25FN6O2/c1-17-28-16-33(31-17)22-11-10-20(15-24(22)35-3)29-21-5-4-13-32-23(12-14-34-2)25(30-26(21)32)18-6-8-19(27)9-7-18/h4-11,13,15-16,29H,12,14H2,1-3H3. The molecule has 0 aliphatic carbocycles. The molecule has 178 valence electrons. The van der Waals surface area contributed by atoms with E-state index in [1.54, 1.807) is 37.4 Å². The molecule has 2 aromatic carbocycles. The number of methoxy groups -OCH3 is 2. The Hall–Kier alpha value is -4.24. The van der Waals surface area contributed by atoms with E-state index in [9.17, 15) is 4.39 Å². The van der Waals surface area contributed by atoms with Gasteiger partial charge in [0.2, 0.25) is 0 Å². The summed E-state index contributed by atoms with van der Waals surface area (Å²) >= 11 is 0. The summed E-state index contributed by atoms with van der Waals surface area (Å²) in [5.74, 6) is 1.06. The highest BCUT2D eigenvalue weighted by atomic mass is 19.1. The minimum absolute atomic E-state index is 0.281. The number of nitrogens with one attached hydrogen (secondary N) is 1. The van der Waals surface area contributed by atoms with Gasteiger partial charge in [0.05, 0.1) is 30.8 Å². The van der Waals surface area contributed by atoms with Crippen LogP contribution in [0.4, 0.5) is 15.8 Å². The number of pyridine rings is 1. The fourth-order valence-corrected chi connectivity index (χ4v) is 4.05. The number of ether oxygens (including phenoxy) is 2. The van der Waals surface area contributed by atoms with Crippen LogP contribution < -0.4 is 10.1 Å². The van der Waals surface area contributed by atoms with Crippen molar-refractivity contribution < 1.29 is 13.9 Å². The molecule has 0 aliphatic heterocycles. The zero-order valence-electron chi connectivity index (χ0n) is 19.7. The van der Waals surface area contributed by atoms with Crippen LogP contribution in [0.15, 0.2) is 67.1 Å². The fourth-order valence-electron chi connectivity index (χ4n) is 4.05. The molecule has 0 aliphatic rings. The number of anilines is 2. The highest BCUT2D eigenvalue weighted by Gasteiger charge is 2.17. The maximum Gasteiger partial charge on any atom is 0.161 e. The van der Waals surface area contributed by atoms with Gasteiger partial charge in [-0.3, -0.25) is 0 Å². The van der Waals surface area contributed by atoms with Gasteiger partial charge in [-0.05, 0) is 55.5 Å². The third-order valence-electron chi connectivity index (χ3n) is 5.72. The number of hydrogen-bond donors (Lipinski definition) is 1. The fraction of sp³-hybridized carbons (Fsp3) is 0.192. The van der Waals surface area contributed by atoms with E-state index in [2.05, 4.69) is 15.4 Å². The lowest BCUT2D eigenvalue weighted by molar-refractivity contribution is 0.201. The molecule has 0 radical (unpaired) electrons. The van der Waals surface area contributed by atoms with Crippen LogP contribution in [0.3, 0.4) is 0 Å². The van der Waals surface area contributed by atoms with E-state index in [-0.39, 0.29) is 5.82 Å². The summed E-state index contributed by atoms with van der Waals surface area (Å²) in [7, 11) is 3.30. The van der Waals surface area contributed by atoms with Gasteiger partial charge in [-0.2, -0.15) is 5.10 Å². The topological polar surface area (TPSA) is 78.5 Å². The first kappa shape index (κ1) is 22.5. The van der Waals surface area contributed by atoms with Gasteiger partial charge >= 0.3 is 0 Å². The number of halogens is 1. The number of nitrogens with zero attached hydrogens (tertiary/aromatic N) is 5. The van der Waals surface area contributed by atoms with Crippen LogP contribution in [-0.2, 0) is 11.2 Å². The predicted molar refractivity (Wildman–Crippen MR) is 132 cm³/mol. The molecule has 3 heterocycles. The van der Waals surface area contributed by atoms with Crippen LogP contribution in [0.2, 0.25) is 0 Å². The van der Waals surface area contributed by atoms with Gasteiger partial charge in [0, 0.05) is 37.0 Å². The molecule has 0 bridgehead atoms. The van der Waals surface area contributed by atoms with Crippen molar-refractivity contribution in [1.29, 1.82) is 0 Å². The molecule has 0 atom stereocenters. The third kappa shape index (κ3) is 4.45. The van der Waals surface area contributed by atoms with Crippen molar-refractivity contribution >= 4 is 17.0 Å². The van der Waals surface area contributed by atoms with Gasteiger partial charge in [0.1, 0.15) is 29.4 Å². The SMILES string of the molecule is COCCc1c(-c2ccc(F)cc2)nc2c(Nc3ccc(-n4cnc(C)n4)c(OC)c3)cccn12. The highest BCUT2D eigenvalue weighted by Crippen LogP contribution is 2.32. The molecule has 1 N–H and O–H groups in total. The van der Waals surface area contributed by atoms with Crippen LogP contribution in [0.5, 0.6) is 5.75 Å². The molecule has 0 amide bonds.